The third kappa shape index (κ3) is 2.96. The van der Waals surface area contributed by atoms with Gasteiger partial charge in [0.1, 0.15) is 0 Å². The Morgan fingerprint density at radius 2 is 2.00 bits per heavy atom. The molecule has 0 aromatic rings. The highest BCUT2D eigenvalue weighted by Crippen LogP contribution is 2.26. The summed E-state index contributed by atoms with van der Waals surface area (Å²) in [4.78, 5) is 0. The second-order valence-corrected chi connectivity index (χ2v) is 5.63. The van der Waals surface area contributed by atoms with Crippen molar-refractivity contribution in [3.05, 3.63) is 0 Å². The molecule has 14 heavy (non-hydrogen) atoms. The summed E-state index contributed by atoms with van der Waals surface area (Å²) in [5.41, 5.74) is 0.322. The largest absolute Gasteiger partial charge is 0.392 e. The zero-order chi connectivity index (χ0) is 10.8. The second-order valence-electron chi connectivity index (χ2n) is 5.63. The van der Waals surface area contributed by atoms with Crippen molar-refractivity contribution in [3.8, 4) is 0 Å². The van der Waals surface area contributed by atoms with Gasteiger partial charge >= 0.3 is 0 Å². The third-order valence-corrected chi connectivity index (χ3v) is 3.86. The van der Waals surface area contributed by atoms with Gasteiger partial charge in [-0.3, -0.25) is 0 Å². The van der Waals surface area contributed by atoms with Crippen LogP contribution in [-0.4, -0.2) is 23.8 Å². The van der Waals surface area contributed by atoms with E-state index in [2.05, 4.69) is 33.0 Å². The van der Waals surface area contributed by atoms with Crippen molar-refractivity contribution in [2.45, 2.75) is 59.1 Å². The maximum atomic E-state index is 9.66. The lowest BCUT2D eigenvalue weighted by molar-refractivity contribution is 0.134. The Kier molecular flexibility index (Phi) is 3.96. The Morgan fingerprint density at radius 3 is 2.43 bits per heavy atom. The van der Waals surface area contributed by atoms with E-state index in [1.54, 1.807) is 0 Å². The number of hydrogen-bond acceptors (Lipinski definition) is 2. The van der Waals surface area contributed by atoms with Crippen LogP contribution in [0.15, 0.2) is 0 Å². The summed E-state index contributed by atoms with van der Waals surface area (Å²) in [6.07, 6.45) is 3.16. The fourth-order valence-electron chi connectivity index (χ4n) is 1.78. The van der Waals surface area contributed by atoms with Crippen molar-refractivity contribution in [2.24, 2.45) is 11.3 Å². The van der Waals surface area contributed by atoms with Crippen LogP contribution in [0.4, 0.5) is 0 Å². The Labute approximate surface area is 88.1 Å². The van der Waals surface area contributed by atoms with Gasteiger partial charge in [0.2, 0.25) is 0 Å². The van der Waals surface area contributed by atoms with Gasteiger partial charge in [0.15, 0.2) is 0 Å². The number of aliphatic hydroxyl groups excluding tert-OH is 1. The lowest BCUT2D eigenvalue weighted by Crippen LogP contribution is -2.42. The quantitative estimate of drug-likeness (QED) is 0.727. The van der Waals surface area contributed by atoms with E-state index in [4.69, 9.17) is 0 Å². The average molecular weight is 199 g/mol. The maximum Gasteiger partial charge on any atom is 0.0693 e. The van der Waals surface area contributed by atoms with Gasteiger partial charge in [0, 0.05) is 12.6 Å². The van der Waals surface area contributed by atoms with E-state index < -0.39 is 0 Å². The van der Waals surface area contributed by atoms with E-state index in [9.17, 15) is 5.11 Å². The van der Waals surface area contributed by atoms with E-state index in [1.165, 1.54) is 6.42 Å². The molecule has 1 saturated carbocycles. The molecule has 0 bridgehead atoms. The number of hydrogen-bond donors (Lipinski definition) is 2. The predicted octanol–water partition coefficient (Wildman–Crippen LogP) is 2.17. The van der Waals surface area contributed by atoms with E-state index in [0.717, 1.165) is 19.4 Å². The molecule has 1 rings (SSSR count). The molecule has 0 aromatic carbocycles. The van der Waals surface area contributed by atoms with Crippen LogP contribution in [0, 0.1) is 11.3 Å². The lowest BCUT2D eigenvalue weighted by Gasteiger charge is -2.31. The van der Waals surface area contributed by atoms with Gasteiger partial charge in [-0.2, -0.15) is 0 Å². The molecule has 2 N–H and O–H groups in total. The highest BCUT2D eigenvalue weighted by atomic mass is 16.3. The Balaban J connectivity index is 2.32. The molecule has 1 aliphatic carbocycles. The molecule has 0 spiro atoms. The van der Waals surface area contributed by atoms with E-state index in [0.29, 0.717) is 17.4 Å². The zero-order valence-electron chi connectivity index (χ0n) is 10.0. The smallest absolute Gasteiger partial charge is 0.0693 e. The summed E-state index contributed by atoms with van der Waals surface area (Å²) in [6.45, 7) is 10.1. The van der Waals surface area contributed by atoms with E-state index >= 15 is 0 Å². The average Bonchev–Trinajstić information content (AvgIpc) is 2.47. The number of aliphatic hydroxyl groups is 1. The SMILES string of the molecule is CC(C)C(C)(C)CN[C@H]1CCC[C@@H]1O. The van der Waals surface area contributed by atoms with Gasteiger partial charge in [-0.05, 0) is 30.6 Å². The molecule has 0 aliphatic heterocycles. The van der Waals surface area contributed by atoms with Gasteiger partial charge < -0.3 is 10.4 Å². The van der Waals surface area contributed by atoms with Crippen LogP contribution in [0.25, 0.3) is 0 Å². The van der Waals surface area contributed by atoms with Gasteiger partial charge in [-0.15, -0.1) is 0 Å². The topological polar surface area (TPSA) is 32.3 Å². The molecule has 2 nitrogen and oxygen atoms in total. The third-order valence-electron chi connectivity index (χ3n) is 3.86. The Bertz CT molecular complexity index is 177. The summed E-state index contributed by atoms with van der Waals surface area (Å²) < 4.78 is 0. The van der Waals surface area contributed by atoms with Crippen LogP contribution in [0.5, 0.6) is 0 Å². The first-order chi connectivity index (χ1) is 6.43. The molecule has 0 amide bonds. The molecular weight excluding hydrogens is 174 g/mol. The molecule has 84 valence electrons. The standard InChI is InChI=1S/C12H25NO/c1-9(2)12(3,4)8-13-10-6-5-7-11(10)14/h9-11,13-14H,5-8H2,1-4H3/t10-,11-/m0/s1. The van der Waals surface area contributed by atoms with Crippen molar-refractivity contribution >= 4 is 0 Å². The minimum Gasteiger partial charge on any atom is -0.392 e. The van der Waals surface area contributed by atoms with Crippen molar-refractivity contribution in [2.75, 3.05) is 6.54 Å². The minimum absolute atomic E-state index is 0.113. The fraction of sp³-hybridized carbons (Fsp3) is 1.00. The molecule has 2 heteroatoms. The highest BCUT2D eigenvalue weighted by molar-refractivity contribution is 4.85. The molecule has 0 heterocycles. The Hall–Kier alpha value is -0.0800. The van der Waals surface area contributed by atoms with Gasteiger partial charge in [0.05, 0.1) is 6.10 Å². The Morgan fingerprint density at radius 1 is 1.36 bits per heavy atom. The summed E-state index contributed by atoms with van der Waals surface area (Å²) in [5, 5.41) is 13.2. The summed E-state index contributed by atoms with van der Waals surface area (Å²) >= 11 is 0. The molecule has 2 atom stereocenters. The van der Waals surface area contributed by atoms with Crippen molar-refractivity contribution in [3.63, 3.8) is 0 Å². The molecule has 1 aliphatic rings. The summed E-state index contributed by atoms with van der Waals surface area (Å²) in [5.74, 6) is 0.675. The van der Waals surface area contributed by atoms with Gasteiger partial charge in [-0.1, -0.05) is 27.7 Å². The van der Waals surface area contributed by atoms with Crippen molar-refractivity contribution in [1.29, 1.82) is 0 Å². The fourth-order valence-corrected chi connectivity index (χ4v) is 1.78. The maximum absolute atomic E-state index is 9.66. The van der Waals surface area contributed by atoms with Crippen LogP contribution >= 0.6 is 0 Å². The zero-order valence-corrected chi connectivity index (χ0v) is 10.0. The van der Waals surface area contributed by atoms with Crippen LogP contribution in [0.2, 0.25) is 0 Å². The number of rotatable bonds is 4. The first-order valence-electron chi connectivity index (χ1n) is 5.85. The number of nitrogens with one attached hydrogen (secondary N) is 1. The normalized spacial score (nSPS) is 28.7. The van der Waals surface area contributed by atoms with E-state index in [1.807, 2.05) is 0 Å². The minimum atomic E-state index is -0.113. The molecular formula is C12H25NO. The van der Waals surface area contributed by atoms with Crippen LogP contribution in [0.3, 0.4) is 0 Å². The van der Waals surface area contributed by atoms with E-state index in [-0.39, 0.29) is 6.10 Å². The van der Waals surface area contributed by atoms with Gasteiger partial charge in [0.25, 0.3) is 0 Å². The molecule has 0 radical (unpaired) electrons. The molecule has 0 unspecified atom stereocenters. The van der Waals surface area contributed by atoms with Crippen molar-refractivity contribution < 1.29 is 5.11 Å². The predicted molar refractivity (Wildman–Crippen MR) is 60.3 cm³/mol. The summed E-state index contributed by atoms with van der Waals surface area (Å²) in [6, 6.07) is 0.341. The molecule has 0 saturated heterocycles. The van der Waals surface area contributed by atoms with Crippen LogP contribution in [-0.2, 0) is 0 Å². The van der Waals surface area contributed by atoms with Crippen LogP contribution < -0.4 is 5.32 Å². The van der Waals surface area contributed by atoms with Crippen molar-refractivity contribution in [1.82, 2.24) is 5.32 Å². The van der Waals surface area contributed by atoms with Crippen LogP contribution in [0.1, 0.15) is 47.0 Å². The molecule has 1 fully saturated rings. The summed E-state index contributed by atoms with van der Waals surface area (Å²) in [7, 11) is 0. The first kappa shape index (κ1) is 12.0. The first-order valence-corrected chi connectivity index (χ1v) is 5.85. The monoisotopic (exact) mass is 199 g/mol. The lowest BCUT2D eigenvalue weighted by atomic mass is 9.81. The second kappa shape index (κ2) is 4.63. The molecule has 0 aromatic heterocycles. The van der Waals surface area contributed by atoms with Gasteiger partial charge in [-0.25, -0.2) is 0 Å². The highest BCUT2D eigenvalue weighted by Gasteiger charge is 2.28.